The van der Waals surface area contributed by atoms with Crippen molar-refractivity contribution in [3.05, 3.63) is 24.3 Å². The standard InChI is InChI=1S/C12H18N4O/c1-9-3-2-6-16(11(9)7-13)12(17)10-8-14-4-5-15-10/h4-5,8-9,11H,2-3,6-7,13H2,1H3/t9-,11-/m0/s1. The Bertz CT molecular complexity index is 381. The maximum Gasteiger partial charge on any atom is 0.274 e. The Labute approximate surface area is 101 Å². The van der Waals surface area contributed by atoms with E-state index >= 15 is 0 Å². The first-order valence-corrected chi connectivity index (χ1v) is 6.01. The summed E-state index contributed by atoms with van der Waals surface area (Å²) in [6.45, 7) is 3.42. The fourth-order valence-corrected chi connectivity index (χ4v) is 2.42. The van der Waals surface area contributed by atoms with Crippen molar-refractivity contribution in [1.29, 1.82) is 0 Å². The molecule has 0 unspecified atom stereocenters. The lowest BCUT2D eigenvalue weighted by molar-refractivity contribution is 0.0526. The maximum absolute atomic E-state index is 12.3. The number of hydrogen-bond acceptors (Lipinski definition) is 4. The summed E-state index contributed by atoms with van der Waals surface area (Å²) in [5.41, 5.74) is 6.17. The van der Waals surface area contributed by atoms with E-state index < -0.39 is 0 Å². The third-order valence-corrected chi connectivity index (χ3v) is 3.40. The molecule has 2 rings (SSSR count). The molecule has 0 spiro atoms. The molecule has 1 aliphatic rings. The molecule has 1 aromatic rings. The zero-order valence-electron chi connectivity index (χ0n) is 10.0. The first-order valence-electron chi connectivity index (χ1n) is 6.01. The molecule has 1 aromatic heterocycles. The quantitative estimate of drug-likeness (QED) is 0.816. The summed E-state index contributed by atoms with van der Waals surface area (Å²) in [6, 6.07) is 0.123. The van der Waals surface area contributed by atoms with E-state index in [0.29, 0.717) is 18.2 Å². The molecule has 92 valence electrons. The Hall–Kier alpha value is -1.49. The van der Waals surface area contributed by atoms with Crippen molar-refractivity contribution in [1.82, 2.24) is 14.9 Å². The summed E-state index contributed by atoms with van der Waals surface area (Å²) in [5.74, 6) is 0.398. The van der Waals surface area contributed by atoms with Crippen molar-refractivity contribution in [2.24, 2.45) is 11.7 Å². The largest absolute Gasteiger partial charge is 0.333 e. The lowest BCUT2D eigenvalue weighted by Crippen LogP contribution is -2.51. The molecule has 2 heterocycles. The highest BCUT2D eigenvalue weighted by Gasteiger charge is 2.31. The van der Waals surface area contributed by atoms with Gasteiger partial charge >= 0.3 is 0 Å². The minimum atomic E-state index is -0.0555. The van der Waals surface area contributed by atoms with E-state index in [1.165, 1.54) is 12.4 Å². The number of carbonyl (C=O) groups is 1. The number of carbonyl (C=O) groups excluding carboxylic acids is 1. The molecular weight excluding hydrogens is 216 g/mol. The van der Waals surface area contributed by atoms with Gasteiger partial charge in [-0.05, 0) is 18.8 Å². The van der Waals surface area contributed by atoms with Crippen LogP contribution in [0.5, 0.6) is 0 Å². The Balaban J connectivity index is 2.18. The third kappa shape index (κ3) is 2.44. The molecule has 0 aliphatic carbocycles. The molecule has 1 saturated heterocycles. The van der Waals surface area contributed by atoms with E-state index in [4.69, 9.17) is 5.73 Å². The topological polar surface area (TPSA) is 72.1 Å². The molecular formula is C12H18N4O. The van der Waals surface area contributed by atoms with Gasteiger partial charge in [-0.15, -0.1) is 0 Å². The van der Waals surface area contributed by atoms with Crippen LogP contribution in [0.15, 0.2) is 18.6 Å². The molecule has 0 aromatic carbocycles. The number of likely N-dealkylation sites (tertiary alicyclic amines) is 1. The summed E-state index contributed by atoms with van der Waals surface area (Å²) in [7, 11) is 0. The van der Waals surface area contributed by atoms with Crippen LogP contribution in [-0.2, 0) is 0 Å². The van der Waals surface area contributed by atoms with Gasteiger partial charge in [0.15, 0.2) is 0 Å². The SMILES string of the molecule is C[C@H]1CCCN(C(=O)c2cnccn2)[C@H]1CN. The Morgan fingerprint density at radius 2 is 2.41 bits per heavy atom. The molecule has 0 bridgehead atoms. The second-order valence-electron chi connectivity index (χ2n) is 4.51. The third-order valence-electron chi connectivity index (χ3n) is 3.40. The number of aromatic nitrogens is 2. The summed E-state index contributed by atoms with van der Waals surface area (Å²) in [4.78, 5) is 22.1. The zero-order valence-corrected chi connectivity index (χ0v) is 10.0. The van der Waals surface area contributed by atoms with Gasteiger partial charge in [0.1, 0.15) is 5.69 Å². The predicted octanol–water partition coefficient (Wildman–Crippen LogP) is 0.676. The fourth-order valence-electron chi connectivity index (χ4n) is 2.42. The number of nitrogens with two attached hydrogens (primary N) is 1. The van der Waals surface area contributed by atoms with Crippen LogP contribution in [0, 0.1) is 5.92 Å². The average molecular weight is 234 g/mol. The molecule has 0 saturated carbocycles. The number of piperidine rings is 1. The minimum Gasteiger partial charge on any atom is -0.333 e. The number of hydrogen-bond donors (Lipinski definition) is 1. The Morgan fingerprint density at radius 3 is 3.06 bits per heavy atom. The normalized spacial score (nSPS) is 24.7. The monoisotopic (exact) mass is 234 g/mol. The second kappa shape index (κ2) is 5.23. The fraction of sp³-hybridized carbons (Fsp3) is 0.583. The molecule has 1 fully saturated rings. The van der Waals surface area contributed by atoms with Crippen molar-refractivity contribution in [3.8, 4) is 0 Å². The van der Waals surface area contributed by atoms with Gasteiger partial charge < -0.3 is 10.6 Å². The maximum atomic E-state index is 12.3. The minimum absolute atomic E-state index is 0.0555. The lowest BCUT2D eigenvalue weighted by Gasteiger charge is -2.39. The predicted molar refractivity (Wildman–Crippen MR) is 64.3 cm³/mol. The van der Waals surface area contributed by atoms with Gasteiger partial charge in [-0.2, -0.15) is 0 Å². The first kappa shape index (κ1) is 12.0. The van der Waals surface area contributed by atoms with E-state index in [1.54, 1.807) is 6.20 Å². The molecule has 1 amide bonds. The second-order valence-corrected chi connectivity index (χ2v) is 4.51. The van der Waals surface area contributed by atoms with Crippen LogP contribution in [0.1, 0.15) is 30.3 Å². The van der Waals surface area contributed by atoms with Crippen molar-refractivity contribution in [2.45, 2.75) is 25.8 Å². The van der Waals surface area contributed by atoms with E-state index in [2.05, 4.69) is 16.9 Å². The highest BCUT2D eigenvalue weighted by Crippen LogP contribution is 2.23. The van der Waals surface area contributed by atoms with Crippen LogP contribution in [-0.4, -0.2) is 39.9 Å². The summed E-state index contributed by atoms with van der Waals surface area (Å²) < 4.78 is 0. The highest BCUT2D eigenvalue weighted by molar-refractivity contribution is 5.92. The smallest absolute Gasteiger partial charge is 0.274 e. The van der Waals surface area contributed by atoms with Gasteiger partial charge in [-0.1, -0.05) is 6.92 Å². The Morgan fingerprint density at radius 1 is 1.59 bits per heavy atom. The number of amides is 1. The molecule has 5 nitrogen and oxygen atoms in total. The van der Waals surface area contributed by atoms with Crippen molar-refractivity contribution >= 4 is 5.91 Å². The lowest BCUT2D eigenvalue weighted by atomic mass is 9.90. The molecule has 0 radical (unpaired) electrons. The summed E-state index contributed by atoms with van der Waals surface area (Å²) in [5, 5.41) is 0. The summed E-state index contributed by atoms with van der Waals surface area (Å²) >= 11 is 0. The van der Waals surface area contributed by atoms with Gasteiger partial charge in [0.05, 0.1) is 6.20 Å². The van der Waals surface area contributed by atoms with Gasteiger partial charge in [-0.3, -0.25) is 9.78 Å². The van der Waals surface area contributed by atoms with Gasteiger partial charge in [0.25, 0.3) is 5.91 Å². The molecule has 2 N–H and O–H groups in total. The van der Waals surface area contributed by atoms with Crippen LogP contribution >= 0.6 is 0 Å². The summed E-state index contributed by atoms with van der Waals surface area (Å²) in [6.07, 6.45) is 6.78. The van der Waals surface area contributed by atoms with E-state index in [-0.39, 0.29) is 11.9 Å². The first-order chi connectivity index (χ1) is 8.24. The van der Waals surface area contributed by atoms with Crippen LogP contribution in [0.3, 0.4) is 0 Å². The van der Waals surface area contributed by atoms with Gasteiger partial charge in [-0.25, -0.2) is 4.98 Å². The zero-order chi connectivity index (χ0) is 12.3. The molecule has 17 heavy (non-hydrogen) atoms. The molecule has 5 heteroatoms. The van der Waals surface area contributed by atoms with Gasteiger partial charge in [0.2, 0.25) is 0 Å². The number of nitrogens with zero attached hydrogens (tertiary/aromatic N) is 3. The van der Waals surface area contributed by atoms with Crippen LogP contribution in [0.25, 0.3) is 0 Å². The average Bonchev–Trinajstić information content (AvgIpc) is 2.38. The van der Waals surface area contributed by atoms with E-state index in [9.17, 15) is 4.79 Å². The van der Waals surface area contributed by atoms with Crippen molar-refractivity contribution < 1.29 is 4.79 Å². The highest BCUT2D eigenvalue weighted by atomic mass is 16.2. The van der Waals surface area contributed by atoms with Crippen molar-refractivity contribution in [2.75, 3.05) is 13.1 Å². The van der Waals surface area contributed by atoms with E-state index in [0.717, 1.165) is 19.4 Å². The van der Waals surface area contributed by atoms with E-state index in [1.807, 2.05) is 4.90 Å². The van der Waals surface area contributed by atoms with Crippen LogP contribution < -0.4 is 5.73 Å². The Kier molecular flexibility index (Phi) is 3.68. The molecule has 1 aliphatic heterocycles. The van der Waals surface area contributed by atoms with Crippen LogP contribution in [0.2, 0.25) is 0 Å². The van der Waals surface area contributed by atoms with Crippen LogP contribution in [0.4, 0.5) is 0 Å². The number of rotatable bonds is 2. The van der Waals surface area contributed by atoms with Gasteiger partial charge in [0, 0.05) is 31.5 Å². The molecule has 2 atom stereocenters. The van der Waals surface area contributed by atoms with Crippen molar-refractivity contribution in [3.63, 3.8) is 0 Å².